The lowest BCUT2D eigenvalue weighted by Gasteiger charge is -2.52. The molecule has 0 aromatic heterocycles. The van der Waals surface area contributed by atoms with E-state index < -0.39 is 5.60 Å². The van der Waals surface area contributed by atoms with Gasteiger partial charge in [0.25, 0.3) is 11.8 Å². The second-order valence-electron chi connectivity index (χ2n) is 7.87. The maximum atomic E-state index is 13.1. The Morgan fingerprint density at radius 2 is 2.00 bits per heavy atom. The van der Waals surface area contributed by atoms with E-state index in [9.17, 15) is 9.59 Å². The van der Waals surface area contributed by atoms with Gasteiger partial charge in [-0.3, -0.25) is 9.59 Å². The lowest BCUT2D eigenvalue weighted by atomic mass is 9.85. The molecule has 2 atom stereocenters. The van der Waals surface area contributed by atoms with E-state index in [0.717, 1.165) is 11.3 Å². The van der Waals surface area contributed by atoms with Gasteiger partial charge in [0.15, 0.2) is 0 Å². The van der Waals surface area contributed by atoms with Crippen LogP contribution in [-0.2, 0) is 20.9 Å². The number of rotatable bonds is 4. The zero-order chi connectivity index (χ0) is 20.4. The Morgan fingerprint density at radius 3 is 2.76 bits per heavy atom. The van der Waals surface area contributed by atoms with Gasteiger partial charge in [0.2, 0.25) is 0 Å². The number of methoxy groups -OCH3 is 1. The largest absolute Gasteiger partial charge is 0.380 e. The lowest BCUT2D eigenvalue weighted by Crippen LogP contribution is -2.68. The molecular weight excluding hydrogens is 368 g/mol. The predicted molar refractivity (Wildman–Crippen MR) is 110 cm³/mol. The number of amides is 2. The van der Waals surface area contributed by atoms with Crippen molar-refractivity contribution in [2.45, 2.75) is 31.6 Å². The topological polar surface area (TPSA) is 59.1 Å². The van der Waals surface area contributed by atoms with Crippen molar-refractivity contribution in [3.05, 3.63) is 65.7 Å². The SMILES string of the molecule is COCc1cccc(C(=O)N2CC[C@H]3N(c4ccccc4)C(=O)CO[C@]3(C)C2)c1. The maximum absolute atomic E-state index is 13.1. The number of anilines is 1. The molecule has 0 unspecified atom stereocenters. The Hall–Kier alpha value is -2.70. The minimum atomic E-state index is -0.609. The molecular formula is C23H26N2O4. The molecule has 6 nitrogen and oxygen atoms in total. The first-order chi connectivity index (χ1) is 14.0. The summed E-state index contributed by atoms with van der Waals surface area (Å²) in [5.74, 6) is -0.0555. The standard InChI is InChI=1S/C23H26N2O4/c1-23-16-24(22(27)18-8-6-7-17(13-18)14-28-2)12-11-20(23)25(21(26)15-29-23)19-9-4-3-5-10-19/h3-10,13,20H,11-12,14-16H2,1-2H3/t20-,23-/m1/s1. The molecule has 152 valence electrons. The van der Waals surface area contributed by atoms with E-state index >= 15 is 0 Å². The number of para-hydroxylation sites is 1. The molecule has 4 rings (SSSR count). The molecule has 2 aliphatic heterocycles. The molecule has 29 heavy (non-hydrogen) atoms. The third kappa shape index (κ3) is 3.78. The van der Waals surface area contributed by atoms with Gasteiger partial charge >= 0.3 is 0 Å². The van der Waals surface area contributed by atoms with Crippen molar-refractivity contribution in [1.82, 2.24) is 4.90 Å². The van der Waals surface area contributed by atoms with Crippen LogP contribution in [0.1, 0.15) is 29.3 Å². The highest BCUT2D eigenvalue weighted by Crippen LogP contribution is 2.36. The van der Waals surface area contributed by atoms with Gasteiger partial charge in [0.05, 0.1) is 19.2 Å². The molecule has 0 radical (unpaired) electrons. The number of fused-ring (bicyclic) bond motifs is 1. The van der Waals surface area contributed by atoms with Crippen LogP contribution in [0.3, 0.4) is 0 Å². The van der Waals surface area contributed by atoms with Crippen molar-refractivity contribution in [2.75, 3.05) is 31.7 Å². The summed E-state index contributed by atoms with van der Waals surface area (Å²) in [6.45, 7) is 3.52. The summed E-state index contributed by atoms with van der Waals surface area (Å²) in [4.78, 5) is 29.5. The number of hydrogen-bond donors (Lipinski definition) is 0. The highest BCUT2D eigenvalue weighted by Gasteiger charge is 2.50. The third-order valence-corrected chi connectivity index (χ3v) is 5.79. The maximum Gasteiger partial charge on any atom is 0.253 e. The smallest absolute Gasteiger partial charge is 0.253 e. The highest BCUT2D eigenvalue weighted by molar-refractivity contribution is 5.97. The van der Waals surface area contributed by atoms with Crippen molar-refractivity contribution in [2.24, 2.45) is 0 Å². The first kappa shape index (κ1) is 19.6. The number of likely N-dealkylation sites (tertiary alicyclic amines) is 1. The van der Waals surface area contributed by atoms with Crippen LogP contribution in [-0.4, -0.2) is 55.2 Å². The summed E-state index contributed by atoms with van der Waals surface area (Å²) in [6.07, 6.45) is 0.667. The van der Waals surface area contributed by atoms with E-state index in [1.807, 2.05) is 71.3 Å². The Kier molecular flexibility index (Phi) is 5.39. The monoisotopic (exact) mass is 394 g/mol. The van der Waals surface area contributed by atoms with Crippen LogP contribution in [0.15, 0.2) is 54.6 Å². The quantitative estimate of drug-likeness (QED) is 0.800. The molecule has 2 heterocycles. The Labute approximate surface area is 171 Å². The summed E-state index contributed by atoms with van der Waals surface area (Å²) in [6, 6.07) is 17.1. The second kappa shape index (κ2) is 7.97. The fourth-order valence-electron chi connectivity index (χ4n) is 4.39. The number of hydrogen-bond acceptors (Lipinski definition) is 4. The van der Waals surface area contributed by atoms with Gasteiger partial charge in [-0.15, -0.1) is 0 Å². The summed E-state index contributed by atoms with van der Waals surface area (Å²) in [7, 11) is 1.64. The minimum Gasteiger partial charge on any atom is -0.380 e. The Balaban J connectivity index is 1.55. The van der Waals surface area contributed by atoms with E-state index in [0.29, 0.717) is 31.7 Å². The van der Waals surface area contributed by atoms with Crippen molar-refractivity contribution < 1.29 is 19.1 Å². The van der Waals surface area contributed by atoms with Crippen LogP contribution in [0.25, 0.3) is 0 Å². The molecule has 2 aliphatic rings. The van der Waals surface area contributed by atoms with Crippen LogP contribution < -0.4 is 4.90 Å². The Bertz CT molecular complexity index is 901. The molecule has 2 fully saturated rings. The zero-order valence-corrected chi connectivity index (χ0v) is 16.8. The van der Waals surface area contributed by atoms with Gasteiger partial charge in [-0.1, -0.05) is 30.3 Å². The summed E-state index contributed by atoms with van der Waals surface area (Å²) in [5, 5.41) is 0. The third-order valence-electron chi connectivity index (χ3n) is 5.79. The highest BCUT2D eigenvalue weighted by atomic mass is 16.5. The number of carbonyl (C=O) groups excluding carboxylic acids is 2. The number of benzene rings is 2. The van der Waals surface area contributed by atoms with Gasteiger partial charge in [0.1, 0.15) is 12.2 Å². The van der Waals surface area contributed by atoms with Crippen LogP contribution in [0.5, 0.6) is 0 Å². The lowest BCUT2D eigenvalue weighted by molar-refractivity contribution is -0.149. The van der Waals surface area contributed by atoms with E-state index in [2.05, 4.69) is 0 Å². The van der Waals surface area contributed by atoms with Crippen LogP contribution in [0, 0.1) is 0 Å². The minimum absolute atomic E-state index is 0.0191. The van der Waals surface area contributed by atoms with Gasteiger partial charge in [0, 0.05) is 24.9 Å². The van der Waals surface area contributed by atoms with E-state index in [-0.39, 0.29) is 24.5 Å². The molecule has 6 heteroatoms. The number of ether oxygens (including phenoxy) is 2. The van der Waals surface area contributed by atoms with Crippen molar-refractivity contribution in [3.63, 3.8) is 0 Å². The van der Waals surface area contributed by atoms with Crippen molar-refractivity contribution in [3.8, 4) is 0 Å². The molecule has 0 aliphatic carbocycles. The molecule has 2 saturated heterocycles. The average molecular weight is 394 g/mol. The van der Waals surface area contributed by atoms with Gasteiger partial charge in [-0.05, 0) is 43.2 Å². The van der Waals surface area contributed by atoms with E-state index in [1.54, 1.807) is 7.11 Å². The van der Waals surface area contributed by atoms with Crippen LogP contribution >= 0.6 is 0 Å². The summed E-state index contributed by atoms with van der Waals surface area (Å²) >= 11 is 0. The first-order valence-electron chi connectivity index (χ1n) is 9.90. The van der Waals surface area contributed by atoms with Gasteiger partial charge in [-0.2, -0.15) is 0 Å². The molecule has 0 spiro atoms. The normalized spacial score (nSPS) is 24.3. The number of morpholine rings is 1. The fraction of sp³-hybridized carbons (Fsp3) is 0.391. The molecule has 0 saturated carbocycles. The van der Waals surface area contributed by atoms with Crippen molar-refractivity contribution >= 4 is 17.5 Å². The molecule has 0 bridgehead atoms. The second-order valence-corrected chi connectivity index (χ2v) is 7.87. The number of piperidine rings is 1. The van der Waals surface area contributed by atoms with E-state index in [1.165, 1.54) is 0 Å². The molecule has 0 N–H and O–H groups in total. The van der Waals surface area contributed by atoms with E-state index in [4.69, 9.17) is 9.47 Å². The summed E-state index contributed by atoms with van der Waals surface area (Å²) in [5.41, 5.74) is 1.88. The average Bonchev–Trinajstić information content (AvgIpc) is 2.74. The fourth-order valence-corrected chi connectivity index (χ4v) is 4.39. The van der Waals surface area contributed by atoms with Crippen molar-refractivity contribution in [1.29, 1.82) is 0 Å². The van der Waals surface area contributed by atoms with Crippen LogP contribution in [0.2, 0.25) is 0 Å². The van der Waals surface area contributed by atoms with Gasteiger partial charge < -0.3 is 19.3 Å². The molecule has 2 amide bonds. The first-order valence-corrected chi connectivity index (χ1v) is 9.90. The zero-order valence-electron chi connectivity index (χ0n) is 16.8. The molecule has 2 aromatic rings. The number of carbonyl (C=O) groups is 2. The van der Waals surface area contributed by atoms with Crippen LogP contribution in [0.4, 0.5) is 5.69 Å². The Morgan fingerprint density at radius 1 is 1.21 bits per heavy atom. The van der Waals surface area contributed by atoms with Gasteiger partial charge in [-0.25, -0.2) is 0 Å². The number of nitrogens with zero attached hydrogens (tertiary/aromatic N) is 2. The summed E-state index contributed by atoms with van der Waals surface area (Å²) < 4.78 is 11.2. The predicted octanol–water partition coefficient (Wildman–Crippen LogP) is 2.87. The molecule has 2 aromatic carbocycles.